The normalized spacial score (nSPS) is 19.5. The van der Waals surface area contributed by atoms with Gasteiger partial charge in [0.25, 0.3) is 5.56 Å². The molecule has 3 N–H and O–H groups in total. The largest absolute Gasteiger partial charge is 0.393 e. The Morgan fingerprint density at radius 2 is 2.00 bits per heavy atom. The van der Waals surface area contributed by atoms with Gasteiger partial charge in [-0.2, -0.15) is 0 Å². The van der Waals surface area contributed by atoms with Crippen LogP contribution in [0.25, 0.3) is 10.8 Å². The molecule has 9 heteroatoms. The molecule has 0 aliphatic heterocycles. The Balaban J connectivity index is 1.78. The van der Waals surface area contributed by atoms with E-state index in [0.29, 0.717) is 33.2 Å². The second-order valence-electron chi connectivity index (χ2n) is 7.04. The summed E-state index contributed by atoms with van der Waals surface area (Å²) in [6.07, 6.45) is 9.18. The first kappa shape index (κ1) is 18.6. The lowest BCUT2D eigenvalue weighted by Crippen LogP contribution is -2.29. The molecule has 0 amide bonds. The molecule has 28 heavy (non-hydrogen) atoms. The Bertz CT molecular complexity index is 1050. The van der Waals surface area contributed by atoms with Gasteiger partial charge in [-0.25, -0.2) is 9.97 Å². The molecule has 0 bridgehead atoms. The van der Waals surface area contributed by atoms with Crippen LogP contribution in [0.3, 0.4) is 0 Å². The molecule has 1 saturated carbocycles. The van der Waals surface area contributed by atoms with Gasteiger partial charge in [-0.1, -0.05) is 11.6 Å². The average molecular weight is 401 g/mol. The number of halogens is 1. The van der Waals surface area contributed by atoms with E-state index in [-0.39, 0.29) is 17.7 Å². The average Bonchev–Trinajstić information content (AvgIpc) is 2.68. The molecule has 0 radical (unpaired) electrons. The maximum absolute atomic E-state index is 12.8. The fourth-order valence-electron chi connectivity index (χ4n) is 3.50. The number of aromatic nitrogens is 4. The van der Waals surface area contributed by atoms with Crippen molar-refractivity contribution in [3.05, 3.63) is 46.2 Å². The molecule has 4 rings (SSSR count). The Morgan fingerprint density at radius 3 is 2.71 bits per heavy atom. The molecular formula is C19H21ClN6O2. The Morgan fingerprint density at radius 1 is 1.21 bits per heavy atom. The Labute approximate surface area is 166 Å². The van der Waals surface area contributed by atoms with Crippen LogP contribution in [0.2, 0.25) is 5.02 Å². The second kappa shape index (κ2) is 7.73. The molecule has 1 aliphatic carbocycles. The lowest BCUT2D eigenvalue weighted by atomic mass is 9.93. The third-order valence-electron chi connectivity index (χ3n) is 4.97. The smallest absolute Gasteiger partial charge is 0.262 e. The Kier molecular flexibility index (Phi) is 5.15. The van der Waals surface area contributed by atoms with E-state index < -0.39 is 0 Å². The molecule has 0 spiro atoms. The minimum Gasteiger partial charge on any atom is -0.393 e. The van der Waals surface area contributed by atoms with Crippen LogP contribution >= 0.6 is 11.6 Å². The van der Waals surface area contributed by atoms with E-state index in [4.69, 9.17) is 11.6 Å². The Hall–Kier alpha value is -2.71. The van der Waals surface area contributed by atoms with Crippen LogP contribution < -0.4 is 16.2 Å². The molecular weight excluding hydrogens is 380 g/mol. The number of pyridine rings is 2. The van der Waals surface area contributed by atoms with Crippen LogP contribution in [-0.4, -0.2) is 36.8 Å². The van der Waals surface area contributed by atoms with Crippen LogP contribution in [0.4, 0.5) is 17.5 Å². The van der Waals surface area contributed by atoms with E-state index in [9.17, 15) is 9.90 Å². The third-order valence-corrected chi connectivity index (χ3v) is 5.28. The zero-order chi connectivity index (χ0) is 19.7. The summed E-state index contributed by atoms with van der Waals surface area (Å²) in [5, 5.41) is 17.8. The predicted octanol–water partition coefficient (Wildman–Crippen LogP) is 2.84. The summed E-state index contributed by atoms with van der Waals surface area (Å²) < 4.78 is 1.46. The van der Waals surface area contributed by atoms with Gasteiger partial charge in [0.1, 0.15) is 17.5 Å². The molecule has 146 valence electrons. The van der Waals surface area contributed by atoms with E-state index in [1.54, 1.807) is 37.9 Å². The minimum absolute atomic E-state index is 0.134. The van der Waals surface area contributed by atoms with Gasteiger partial charge in [0.2, 0.25) is 0 Å². The molecule has 1 fully saturated rings. The van der Waals surface area contributed by atoms with E-state index in [1.165, 1.54) is 4.57 Å². The summed E-state index contributed by atoms with van der Waals surface area (Å²) in [5.74, 6) is 1.54. The van der Waals surface area contributed by atoms with Crippen LogP contribution in [0.5, 0.6) is 0 Å². The van der Waals surface area contributed by atoms with Crippen LogP contribution in [0.1, 0.15) is 25.7 Å². The summed E-state index contributed by atoms with van der Waals surface area (Å²) in [6.45, 7) is 0. The number of aryl methyl sites for hydroxylation is 1. The van der Waals surface area contributed by atoms with Crippen molar-refractivity contribution in [1.29, 1.82) is 0 Å². The number of aliphatic hydroxyl groups is 1. The van der Waals surface area contributed by atoms with Crippen molar-refractivity contribution >= 4 is 39.8 Å². The van der Waals surface area contributed by atoms with E-state index >= 15 is 0 Å². The summed E-state index contributed by atoms with van der Waals surface area (Å²) >= 11 is 6.44. The van der Waals surface area contributed by atoms with Crippen molar-refractivity contribution in [2.45, 2.75) is 37.8 Å². The van der Waals surface area contributed by atoms with Gasteiger partial charge in [0.15, 0.2) is 0 Å². The van der Waals surface area contributed by atoms with E-state index in [0.717, 1.165) is 25.7 Å². The number of nitrogens with zero attached hydrogens (tertiary/aromatic N) is 4. The number of nitrogens with one attached hydrogen (secondary N) is 2. The molecule has 3 aromatic rings. The number of fused-ring (bicyclic) bond motifs is 1. The molecule has 0 unspecified atom stereocenters. The maximum atomic E-state index is 12.8. The number of rotatable bonds is 4. The molecule has 3 aromatic heterocycles. The third kappa shape index (κ3) is 3.79. The molecule has 0 aromatic carbocycles. The van der Waals surface area contributed by atoms with Crippen molar-refractivity contribution in [3.63, 3.8) is 0 Å². The highest BCUT2D eigenvalue weighted by Crippen LogP contribution is 2.30. The first-order valence-electron chi connectivity index (χ1n) is 9.19. The summed E-state index contributed by atoms with van der Waals surface area (Å²) in [7, 11) is 1.67. The zero-order valence-electron chi connectivity index (χ0n) is 15.4. The highest BCUT2D eigenvalue weighted by atomic mass is 35.5. The van der Waals surface area contributed by atoms with Crippen molar-refractivity contribution in [2.24, 2.45) is 7.05 Å². The lowest BCUT2D eigenvalue weighted by molar-refractivity contribution is 0.126. The van der Waals surface area contributed by atoms with Gasteiger partial charge >= 0.3 is 0 Å². The van der Waals surface area contributed by atoms with Crippen molar-refractivity contribution in [1.82, 2.24) is 19.5 Å². The molecule has 0 atom stereocenters. The molecule has 1 aliphatic rings. The molecule has 3 heterocycles. The fraction of sp³-hybridized carbons (Fsp3) is 0.368. The van der Waals surface area contributed by atoms with Crippen molar-refractivity contribution in [3.8, 4) is 0 Å². The van der Waals surface area contributed by atoms with E-state index in [2.05, 4.69) is 25.6 Å². The molecule has 8 nitrogen and oxygen atoms in total. The lowest BCUT2D eigenvalue weighted by Gasteiger charge is -2.27. The van der Waals surface area contributed by atoms with Crippen molar-refractivity contribution < 1.29 is 5.11 Å². The van der Waals surface area contributed by atoms with Gasteiger partial charge < -0.3 is 20.3 Å². The summed E-state index contributed by atoms with van der Waals surface area (Å²) in [4.78, 5) is 25.7. The highest BCUT2D eigenvalue weighted by molar-refractivity contribution is 6.35. The van der Waals surface area contributed by atoms with Gasteiger partial charge in [-0.05, 0) is 31.7 Å². The summed E-state index contributed by atoms with van der Waals surface area (Å²) in [5.41, 5.74) is -0.170. The van der Waals surface area contributed by atoms with Crippen LogP contribution in [0.15, 0.2) is 35.6 Å². The number of hydrogen-bond donors (Lipinski definition) is 3. The van der Waals surface area contributed by atoms with Gasteiger partial charge in [-0.15, -0.1) is 0 Å². The minimum atomic E-state index is -0.255. The number of aliphatic hydroxyl groups excluding tert-OH is 1. The van der Waals surface area contributed by atoms with Crippen LogP contribution in [0, 0.1) is 0 Å². The number of hydrogen-bond acceptors (Lipinski definition) is 7. The standard InChI is InChI=1S/C19H21ClN6O2/c1-26-10-14(20)13-8-15(24-16-9-21-6-7-22-16)25-18(17(13)19(26)28)23-11-2-4-12(27)5-3-11/h6-12,27H,2-5H2,1H3,(H2,22,23,24,25). The summed E-state index contributed by atoms with van der Waals surface area (Å²) in [6, 6.07) is 1.87. The highest BCUT2D eigenvalue weighted by Gasteiger charge is 2.22. The fourth-order valence-corrected chi connectivity index (χ4v) is 3.80. The SMILES string of the molecule is Cn1cc(Cl)c2cc(Nc3cnccn3)nc(NC3CCC(O)CC3)c2c1=O. The first-order valence-corrected chi connectivity index (χ1v) is 9.56. The van der Waals surface area contributed by atoms with Crippen LogP contribution in [-0.2, 0) is 7.05 Å². The van der Waals surface area contributed by atoms with Gasteiger partial charge in [-0.3, -0.25) is 9.78 Å². The quantitative estimate of drug-likeness (QED) is 0.618. The number of anilines is 3. The zero-order valence-corrected chi connectivity index (χ0v) is 16.1. The molecule has 0 saturated heterocycles. The monoisotopic (exact) mass is 400 g/mol. The van der Waals surface area contributed by atoms with Gasteiger partial charge in [0.05, 0.1) is 22.7 Å². The maximum Gasteiger partial charge on any atom is 0.262 e. The second-order valence-corrected chi connectivity index (χ2v) is 7.44. The van der Waals surface area contributed by atoms with Gasteiger partial charge in [0, 0.05) is 37.1 Å². The van der Waals surface area contributed by atoms with E-state index in [1.807, 2.05) is 0 Å². The first-order chi connectivity index (χ1) is 13.5. The predicted molar refractivity (Wildman–Crippen MR) is 109 cm³/mol. The van der Waals surface area contributed by atoms with Crippen molar-refractivity contribution in [2.75, 3.05) is 10.6 Å². The topological polar surface area (TPSA) is 105 Å².